The first-order valence-corrected chi connectivity index (χ1v) is 16.0. The molecule has 5 heteroatoms. The van der Waals surface area contributed by atoms with E-state index >= 15 is 0 Å². The van der Waals surface area contributed by atoms with E-state index in [2.05, 4.69) is 125 Å². The van der Waals surface area contributed by atoms with Gasteiger partial charge in [0.2, 0.25) is 6.71 Å². The van der Waals surface area contributed by atoms with E-state index in [1.165, 1.54) is 22.5 Å². The van der Waals surface area contributed by atoms with Gasteiger partial charge in [-0.1, -0.05) is 185 Å². The van der Waals surface area contributed by atoms with Gasteiger partial charge in [0.25, 0.3) is 0 Å². The molecule has 0 bridgehead atoms. The highest BCUT2D eigenvalue weighted by molar-refractivity contribution is 6.95. The average Bonchev–Trinajstić information content (AvgIpc) is 3.66. The van der Waals surface area contributed by atoms with Crippen molar-refractivity contribution in [1.29, 1.82) is 0 Å². The second-order valence-electron chi connectivity index (χ2n) is 10.7. The van der Waals surface area contributed by atoms with Crippen molar-refractivity contribution in [2.45, 2.75) is 5.16 Å². The van der Waals surface area contributed by atoms with Crippen LogP contribution in [-0.2, 0) is 5.16 Å². The molecular formula is C40H32BFN2Si. The minimum absolute atomic E-state index is 0.212. The Labute approximate surface area is 267 Å². The van der Waals surface area contributed by atoms with Gasteiger partial charge in [0.15, 0.2) is 0 Å². The fourth-order valence-corrected chi connectivity index (χ4v) is 7.47. The number of nitrogens with zero attached hydrogens (tertiary/aromatic N) is 2. The lowest BCUT2D eigenvalue weighted by molar-refractivity contribution is 0.596. The number of rotatable bonds is 8. The van der Waals surface area contributed by atoms with Gasteiger partial charge in [-0.25, -0.2) is 9.37 Å². The Hall–Kier alpha value is -5.26. The second kappa shape index (κ2) is 14.5. The topological polar surface area (TPSA) is 17.8 Å². The first-order chi connectivity index (χ1) is 22.2. The van der Waals surface area contributed by atoms with Crippen LogP contribution in [0, 0.1) is 5.82 Å². The maximum atomic E-state index is 13.9. The van der Waals surface area contributed by atoms with Crippen molar-refractivity contribution in [3.05, 3.63) is 212 Å². The summed E-state index contributed by atoms with van der Waals surface area (Å²) in [6.45, 7) is 0.309. The van der Waals surface area contributed by atoms with E-state index in [-0.39, 0.29) is 5.82 Å². The molecule has 2 nitrogen and oxygen atoms in total. The van der Waals surface area contributed by atoms with E-state index in [4.69, 9.17) is 0 Å². The lowest BCUT2D eigenvalue weighted by atomic mass is 9.37. The van der Waals surface area contributed by atoms with Crippen LogP contribution in [0.5, 0.6) is 0 Å². The third-order valence-corrected chi connectivity index (χ3v) is 9.62. The van der Waals surface area contributed by atoms with Gasteiger partial charge in [0.1, 0.15) is 15.3 Å². The van der Waals surface area contributed by atoms with E-state index in [1.54, 1.807) is 18.3 Å². The van der Waals surface area contributed by atoms with E-state index < -0.39 is 5.16 Å². The Morgan fingerprint density at radius 1 is 0.533 bits per heavy atom. The molecule has 0 aliphatic rings. The smallest absolute Gasteiger partial charge is 0.241 e. The molecule has 7 aromatic rings. The lowest BCUT2D eigenvalue weighted by Crippen LogP contribution is -2.51. The van der Waals surface area contributed by atoms with E-state index in [0.717, 1.165) is 16.3 Å². The van der Waals surface area contributed by atoms with Crippen LogP contribution in [0.2, 0.25) is 0 Å². The maximum Gasteiger partial charge on any atom is 0.241 e. The van der Waals surface area contributed by atoms with Crippen LogP contribution in [0.25, 0.3) is 0 Å². The van der Waals surface area contributed by atoms with Gasteiger partial charge in [0, 0.05) is 12.4 Å². The highest BCUT2D eigenvalue weighted by Crippen LogP contribution is 2.33. The number of hydrogen-bond donors (Lipinski definition) is 0. The number of hydrogen-bond acceptors (Lipinski definition) is 1. The van der Waals surface area contributed by atoms with Gasteiger partial charge < -0.3 is 4.57 Å². The molecule has 0 N–H and O–H groups in total. The lowest BCUT2D eigenvalue weighted by Gasteiger charge is -2.36. The molecule has 0 unspecified atom stereocenters. The Morgan fingerprint density at radius 2 is 0.978 bits per heavy atom. The van der Waals surface area contributed by atoms with Crippen LogP contribution < -0.4 is 21.6 Å². The fourth-order valence-electron chi connectivity index (χ4n) is 5.78. The van der Waals surface area contributed by atoms with Crippen molar-refractivity contribution in [1.82, 2.24) is 9.55 Å². The van der Waals surface area contributed by atoms with Crippen LogP contribution in [0.1, 0.15) is 11.1 Å². The van der Waals surface area contributed by atoms with Crippen molar-refractivity contribution in [3.8, 4) is 0 Å². The number of halogens is 1. The molecule has 0 amide bonds. The molecule has 6 aromatic carbocycles. The molecule has 0 saturated heterocycles. The molecule has 0 aliphatic heterocycles. The average molecular weight is 599 g/mol. The fraction of sp³-hybridized carbons (Fsp3) is 0.0250. The summed E-state index contributed by atoms with van der Waals surface area (Å²) in [6, 6.07) is 59.6. The third kappa shape index (κ3) is 6.95. The SMILES string of the molecule is Fc1cccc([Si]C(c2ccccc2)(c2ccccc2)n2ccnc2)c1.c1ccc(B(c2ccccc2)c2ccccc2)cc1. The summed E-state index contributed by atoms with van der Waals surface area (Å²) < 4.78 is 16.0. The summed E-state index contributed by atoms with van der Waals surface area (Å²) in [5.41, 5.74) is 6.29. The molecule has 45 heavy (non-hydrogen) atoms. The van der Waals surface area contributed by atoms with Crippen LogP contribution in [0.4, 0.5) is 4.39 Å². The molecule has 0 spiro atoms. The number of benzene rings is 6. The van der Waals surface area contributed by atoms with E-state index in [1.807, 2.05) is 55.0 Å². The Bertz CT molecular complexity index is 1740. The summed E-state index contributed by atoms with van der Waals surface area (Å²) in [5.74, 6) is -0.212. The largest absolute Gasteiger partial charge is 0.326 e. The molecular weight excluding hydrogens is 566 g/mol. The number of imidazole rings is 1. The predicted molar refractivity (Wildman–Crippen MR) is 187 cm³/mol. The normalized spacial score (nSPS) is 10.9. The Kier molecular flexibility index (Phi) is 9.59. The molecule has 7 rings (SSSR count). The van der Waals surface area contributed by atoms with Crippen LogP contribution >= 0.6 is 0 Å². The quantitative estimate of drug-likeness (QED) is 0.196. The first kappa shape index (κ1) is 29.8. The molecule has 0 fully saturated rings. The third-order valence-electron chi connectivity index (χ3n) is 7.82. The van der Waals surface area contributed by atoms with Crippen molar-refractivity contribution < 1.29 is 4.39 Å². The summed E-state index contributed by atoms with van der Waals surface area (Å²) in [5, 5.41) is 0.485. The number of aromatic nitrogens is 2. The molecule has 216 valence electrons. The summed E-state index contributed by atoms with van der Waals surface area (Å²) in [6.07, 6.45) is 5.61. The maximum absolute atomic E-state index is 13.9. The standard InChI is InChI=1S/C22H17FN2Si.C18H15B/c23-20-12-7-13-21(16-20)26-22(25-15-14-24-17-25,18-8-3-1-4-9-18)19-10-5-2-6-11-19;1-4-10-16(11-5-1)19(17-12-6-2-7-13-17)18-14-8-3-9-15-18/h1-17H;1-15H. The zero-order chi connectivity index (χ0) is 30.7. The van der Waals surface area contributed by atoms with Crippen molar-refractivity contribution >= 4 is 37.8 Å². The van der Waals surface area contributed by atoms with Gasteiger partial charge in [-0.15, -0.1) is 0 Å². The van der Waals surface area contributed by atoms with Crippen molar-refractivity contribution in [3.63, 3.8) is 0 Å². The summed E-state index contributed by atoms with van der Waals surface area (Å²) in [4.78, 5) is 4.29. The van der Waals surface area contributed by atoms with E-state index in [0.29, 0.717) is 16.2 Å². The second-order valence-corrected chi connectivity index (χ2v) is 12.3. The van der Waals surface area contributed by atoms with Gasteiger partial charge in [-0.05, 0) is 23.3 Å². The molecule has 1 heterocycles. The van der Waals surface area contributed by atoms with E-state index in [9.17, 15) is 4.39 Å². The highest BCUT2D eigenvalue weighted by atomic mass is 28.2. The monoisotopic (exact) mass is 598 g/mol. The Morgan fingerprint density at radius 3 is 1.38 bits per heavy atom. The summed E-state index contributed by atoms with van der Waals surface area (Å²) in [7, 11) is 0.295. The van der Waals surface area contributed by atoms with Crippen LogP contribution in [0.15, 0.2) is 195 Å². The van der Waals surface area contributed by atoms with Crippen LogP contribution in [0.3, 0.4) is 0 Å². The predicted octanol–water partition coefficient (Wildman–Crippen LogP) is 6.00. The zero-order valence-corrected chi connectivity index (χ0v) is 25.8. The molecule has 0 aliphatic carbocycles. The summed E-state index contributed by atoms with van der Waals surface area (Å²) >= 11 is 0. The van der Waals surface area contributed by atoms with Gasteiger partial charge in [0.05, 0.1) is 11.5 Å². The Balaban J connectivity index is 0.000000167. The highest BCUT2D eigenvalue weighted by Gasteiger charge is 2.37. The van der Waals surface area contributed by atoms with Crippen LogP contribution in [-0.4, -0.2) is 25.8 Å². The molecule has 0 saturated carbocycles. The van der Waals surface area contributed by atoms with Gasteiger partial charge >= 0.3 is 0 Å². The minimum atomic E-state index is -0.479. The van der Waals surface area contributed by atoms with Crippen molar-refractivity contribution in [2.75, 3.05) is 0 Å². The zero-order valence-electron chi connectivity index (χ0n) is 24.8. The first-order valence-electron chi connectivity index (χ1n) is 15.0. The molecule has 1 aromatic heterocycles. The minimum Gasteiger partial charge on any atom is -0.326 e. The van der Waals surface area contributed by atoms with Gasteiger partial charge in [-0.2, -0.15) is 0 Å². The van der Waals surface area contributed by atoms with Gasteiger partial charge in [-0.3, -0.25) is 0 Å². The molecule has 0 atom stereocenters. The van der Waals surface area contributed by atoms with Crippen molar-refractivity contribution in [2.24, 2.45) is 0 Å². The molecule has 2 radical (unpaired) electrons.